The number of primary amides is 1. The van der Waals surface area contributed by atoms with Crippen molar-refractivity contribution in [2.75, 3.05) is 13.1 Å². The zero-order valence-corrected chi connectivity index (χ0v) is 12.9. The summed E-state index contributed by atoms with van der Waals surface area (Å²) >= 11 is 0. The average molecular weight is 314 g/mol. The van der Waals surface area contributed by atoms with Crippen LogP contribution in [0.3, 0.4) is 0 Å². The summed E-state index contributed by atoms with van der Waals surface area (Å²) in [7, 11) is 0. The van der Waals surface area contributed by atoms with E-state index in [-0.39, 0.29) is 23.1 Å². The highest BCUT2D eigenvalue weighted by atomic mass is 16.2. The highest BCUT2D eigenvalue weighted by Crippen LogP contribution is 2.21. The lowest BCUT2D eigenvalue weighted by Crippen LogP contribution is -2.34. The van der Waals surface area contributed by atoms with Crippen molar-refractivity contribution in [1.29, 1.82) is 0 Å². The van der Waals surface area contributed by atoms with Crippen molar-refractivity contribution in [2.24, 2.45) is 11.7 Å². The maximum absolute atomic E-state index is 12.8. The molecule has 1 aromatic carbocycles. The molecule has 0 aliphatic carbocycles. The van der Waals surface area contributed by atoms with Crippen molar-refractivity contribution < 1.29 is 9.59 Å². The summed E-state index contributed by atoms with van der Waals surface area (Å²) in [5.41, 5.74) is 5.35. The van der Waals surface area contributed by atoms with E-state index in [1.54, 1.807) is 36.1 Å². The number of amides is 2. The second kappa shape index (κ2) is 5.83. The number of hydrogen-bond donors (Lipinski definition) is 1. The van der Waals surface area contributed by atoms with Gasteiger partial charge in [-0.2, -0.15) is 5.10 Å². The van der Waals surface area contributed by atoms with Gasteiger partial charge in [0.25, 0.3) is 11.5 Å². The molecule has 7 heteroatoms. The molecule has 1 aliphatic rings. The Morgan fingerprint density at radius 3 is 2.61 bits per heavy atom. The largest absolute Gasteiger partial charge is 0.369 e. The lowest BCUT2D eigenvalue weighted by Gasteiger charge is -2.17. The molecule has 1 saturated heterocycles. The van der Waals surface area contributed by atoms with Crippen molar-refractivity contribution in [3.63, 3.8) is 0 Å². The van der Waals surface area contributed by atoms with Gasteiger partial charge in [-0.1, -0.05) is 18.2 Å². The number of likely N-dealkylation sites (tertiary alicyclic amines) is 1. The summed E-state index contributed by atoms with van der Waals surface area (Å²) < 4.78 is 1.29. The normalized spacial score (nSPS) is 17.6. The van der Waals surface area contributed by atoms with Gasteiger partial charge < -0.3 is 10.6 Å². The summed E-state index contributed by atoms with van der Waals surface area (Å²) in [6.45, 7) is 2.95. The van der Waals surface area contributed by atoms with Crippen LogP contribution >= 0.6 is 0 Å². The molecule has 2 heterocycles. The van der Waals surface area contributed by atoms with Crippen molar-refractivity contribution >= 4 is 22.6 Å². The Labute approximate surface area is 132 Å². The minimum Gasteiger partial charge on any atom is -0.369 e. The Hall–Kier alpha value is -2.70. The molecule has 0 spiro atoms. The van der Waals surface area contributed by atoms with Crippen LogP contribution in [-0.2, 0) is 11.3 Å². The van der Waals surface area contributed by atoms with Gasteiger partial charge in [0.05, 0.1) is 11.3 Å². The Kier molecular flexibility index (Phi) is 3.85. The number of fused-ring (bicyclic) bond motifs is 1. The first-order valence-corrected chi connectivity index (χ1v) is 7.61. The molecule has 0 unspecified atom stereocenters. The number of rotatable bonds is 3. The summed E-state index contributed by atoms with van der Waals surface area (Å²) in [4.78, 5) is 38.0. The van der Waals surface area contributed by atoms with E-state index in [0.29, 0.717) is 36.8 Å². The van der Waals surface area contributed by atoms with Gasteiger partial charge >= 0.3 is 0 Å². The predicted octanol–water partition coefficient (Wildman–Crippen LogP) is 0.364. The number of nitrogens with zero attached hydrogens (tertiary/aromatic N) is 3. The monoisotopic (exact) mass is 314 g/mol. The lowest BCUT2D eigenvalue weighted by atomic mass is 10.1. The first kappa shape index (κ1) is 15.2. The smallest absolute Gasteiger partial charge is 0.274 e. The van der Waals surface area contributed by atoms with Crippen LogP contribution in [0.1, 0.15) is 23.8 Å². The van der Waals surface area contributed by atoms with E-state index in [1.807, 2.05) is 0 Å². The van der Waals surface area contributed by atoms with Crippen molar-refractivity contribution in [3.8, 4) is 0 Å². The van der Waals surface area contributed by atoms with E-state index in [1.165, 1.54) is 4.68 Å². The Bertz CT molecular complexity index is 843. The molecule has 1 aromatic heterocycles. The fourth-order valence-electron chi connectivity index (χ4n) is 2.93. The molecule has 3 rings (SSSR count). The van der Waals surface area contributed by atoms with Crippen LogP contribution in [0.4, 0.5) is 0 Å². The molecule has 120 valence electrons. The molecule has 0 bridgehead atoms. The molecule has 0 saturated carbocycles. The standard InChI is InChI=1S/C16H18N4O3/c1-2-20-15(22)12-6-4-3-5-11(12)13(18-20)16(23)19-8-7-10(9-19)14(17)21/h3-6,10H,2,7-9H2,1H3,(H2,17,21)/t10-/m0/s1. The van der Waals surface area contributed by atoms with E-state index >= 15 is 0 Å². The zero-order valence-electron chi connectivity index (χ0n) is 12.9. The quantitative estimate of drug-likeness (QED) is 0.884. The third-order valence-corrected chi connectivity index (χ3v) is 4.25. The van der Waals surface area contributed by atoms with Crippen molar-refractivity contribution in [2.45, 2.75) is 19.9 Å². The maximum Gasteiger partial charge on any atom is 0.274 e. The summed E-state index contributed by atoms with van der Waals surface area (Å²) in [5.74, 6) is -0.980. The molecule has 2 N–H and O–H groups in total. The van der Waals surface area contributed by atoms with Gasteiger partial charge in [-0.25, -0.2) is 4.68 Å². The van der Waals surface area contributed by atoms with Crippen LogP contribution < -0.4 is 11.3 Å². The van der Waals surface area contributed by atoms with Gasteiger partial charge in [0.2, 0.25) is 5.91 Å². The van der Waals surface area contributed by atoms with Crippen molar-refractivity contribution in [3.05, 3.63) is 40.3 Å². The third-order valence-electron chi connectivity index (χ3n) is 4.25. The van der Waals surface area contributed by atoms with Crippen LogP contribution in [0, 0.1) is 5.92 Å². The Balaban J connectivity index is 2.06. The highest BCUT2D eigenvalue weighted by molar-refractivity contribution is 6.05. The number of carbonyl (C=O) groups excluding carboxylic acids is 2. The zero-order chi connectivity index (χ0) is 16.6. The van der Waals surface area contributed by atoms with Gasteiger partial charge in [-0.05, 0) is 19.4 Å². The number of aryl methyl sites for hydroxylation is 1. The Morgan fingerprint density at radius 1 is 1.30 bits per heavy atom. The lowest BCUT2D eigenvalue weighted by molar-refractivity contribution is -0.121. The van der Waals surface area contributed by atoms with Crippen LogP contribution in [0.5, 0.6) is 0 Å². The number of hydrogen-bond acceptors (Lipinski definition) is 4. The minimum atomic E-state index is -0.392. The molecule has 2 amide bonds. The van der Waals surface area contributed by atoms with E-state index in [4.69, 9.17) is 5.73 Å². The second-order valence-corrected chi connectivity index (χ2v) is 5.65. The number of nitrogens with two attached hydrogens (primary N) is 1. The minimum absolute atomic E-state index is 0.212. The van der Waals surface area contributed by atoms with E-state index in [9.17, 15) is 14.4 Å². The van der Waals surface area contributed by atoms with E-state index in [2.05, 4.69) is 5.10 Å². The van der Waals surface area contributed by atoms with E-state index in [0.717, 1.165) is 0 Å². The highest BCUT2D eigenvalue weighted by Gasteiger charge is 2.31. The van der Waals surface area contributed by atoms with Gasteiger partial charge in [0.15, 0.2) is 5.69 Å². The topological polar surface area (TPSA) is 98.3 Å². The Morgan fingerprint density at radius 2 is 2.00 bits per heavy atom. The molecule has 7 nitrogen and oxygen atoms in total. The van der Waals surface area contributed by atoms with Crippen LogP contribution in [-0.4, -0.2) is 39.6 Å². The first-order chi connectivity index (χ1) is 11.0. The molecule has 2 aromatic rings. The fourth-order valence-corrected chi connectivity index (χ4v) is 2.93. The van der Waals surface area contributed by atoms with Gasteiger partial charge in [0.1, 0.15) is 0 Å². The molecule has 1 fully saturated rings. The average Bonchev–Trinajstić information content (AvgIpc) is 3.05. The van der Waals surface area contributed by atoms with E-state index < -0.39 is 5.91 Å². The SMILES string of the molecule is CCn1nc(C(=O)N2CC[C@H](C(N)=O)C2)c2ccccc2c1=O. The summed E-state index contributed by atoms with van der Waals surface area (Å²) in [6.07, 6.45) is 0.562. The molecular weight excluding hydrogens is 296 g/mol. The number of aromatic nitrogens is 2. The summed E-state index contributed by atoms with van der Waals surface area (Å²) in [6, 6.07) is 6.95. The second-order valence-electron chi connectivity index (χ2n) is 5.65. The fraction of sp³-hybridized carbons (Fsp3) is 0.375. The third kappa shape index (κ3) is 2.58. The van der Waals surface area contributed by atoms with Crippen LogP contribution in [0.25, 0.3) is 10.8 Å². The van der Waals surface area contributed by atoms with Gasteiger partial charge in [-0.15, -0.1) is 0 Å². The molecule has 1 aliphatic heterocycles. The van der Waals surface area contributed by atoms with Crippen molar-refractivity contribution in [1.82, 2.24) is 14.7 Å². The van der Waals surface area contributed by atoms with Gasteiger partial charge in [0, 0.05) is 25.0 Å². The molecule has 23 heavy (non-hydrogen) atoms. The first-order valence-electron chi connectivity index (χ1n) is 7.61. The van der Waals surface area contributed by atoms with Gasteiger partial charge in [-0.3, -0.25) is 14.4 Å². The van der Waals surface area contributed by atoms with Crippen LogP contribution in [0.15, 0.2) is 29.1 Å². The summed E-state index contributed by atoms with van der Waals surface area (Å²) in [5, 5.41) is 5.24. The molecule has 0 radical (unpaired) electrons. The van der Waals surface area contributed by atoms with Crippen LogP contribution in [0.2, 0.25) is 0 Å². The number of benzene rings is 1. The maximum atomic E-state index is 12.8. The predicted molar refractivity (Wildman–Crippen MR) is 84.9 cm³/mol. The number of carbonyl (C=O) groups is 2. The molecule has 1 atom stereocenters. The molecular formula is C16H18N4O3.